The fourth-order valence-electron chi connectivity index (χ4n) is 3.34. The van der Waals surface area contributed by atoms with Gasteiger partial charge in [0.15, 0.2) is 0 Å². The van der Waals surface area contributed by atoms with Crippen LogP contribution < -0.4 is 16.2 Å². The van der Waals surface area contributed by atoms with E-state index in [9.17, 15) is 4.79 Å². The number of nitrogens with one attached hydrogen (secondary N) is 3. The summed E-state index contributed by atoms with van der Waals surface area (Å²) in [5.41, 5.74) is 2.38. The predicted octanol–water partition coefficient (Wildman–Crippen LogP) is 5.22. The Hall–Kier alpha value is -2.37. The molecule has 29 heavy (non-hydrogen) atoms. The van der Waals surface area contributed by atoms with Crippen LogP contribution in [0.15, 0.2) is 47.3 Å². The van der Waals surface area contributed by atoms with Crippen LogP contribution in [-0.4, -0.2) is 29.8 Å². The Morgan fingerprint density at radius 3 is 2.55 bits per heavy atom. The quantitative estimate of drug-likeness (QED) is 0.378. The van der Waals surface area contributed by atoms with Crippen LogP contribution in [0.3, 0.4) is 0 Å². The maximum Gasteiger partial charge on any atom is 0.272 e. The molecule has 0 unspecified atom stereocenters. The highest BCUT2D eigenvalue weighted by atomic mass is 35.5. The van der Waals surface area contributed by atoms with Gasteiger partial charge in [-0.2, -0.15) is 5.10 Å². The summed E-state index contributed by atoms with van der Waals surface area (Å²) in [5.74, 6) is 0. The van der Waals surface area contributed by atoms with Gasteiger partial charge in [-0.05, 0) is 50.6 Å². The van der Waals surface area contributed by atoms with Crippen molar-refractivity contribution in [3.8, 4) is 11.3 Å². The van der Waals surface area contributed by atoms with Crippen molar-refractivity contribution in [2.24, 2.45) is 0 Å². The largest absolute Gasteiger partial charge is 0.384 e. The molecule has 0 radical (unpaired) electrons. The second-order valence-corrected chi connectivity index (χ2v) is 7.64. The molecule has 154 valence electrons. The van der Waals surface area contributed by atoms with Crippen LogP contribution in [0.25, 0.3) is 22.0 Å². The summed E-state index contributed by atoms with van der Waals surface area (Å²) >= 11 is 6.39. The first-order chi connectivity index (χ1) is 14.2. The molecule has 1 aromatic heterocycles. The number of rotatable bonds is 11. The van der Waals surface area contributed by atoms with Crippen LogP contribution in [0.2, 0.25) is 5.02 Å². The molecular formula is C23H29ClN4O. The van der Waals surface area contributed by atoms with Crippen molar-refractivity contribution in [3.05, 3.63) is 57.8 Å². The fraction of sp³-hybridized carbons (Fsp3) is 0.391. The lowest BCUT2D eigenvalue weighted by Crippen LogP contribution is -2.16. The second kappa shape index (κ2) is 11.0. The van der Waals surface area contributed by atoms with Gasteiger partial charge in [-0.15, -0.1) is 0 Å². The van der Waals surface area contributed by atoms with E-state index < -0.39 is 0 Å². The van der Waals surface area contributed by atoms with Crippen LogP contribution in [-0.2, 0) is 0 Å². The summed E-state index contributed by atoms with van der Waals surface area (Å²) in [5, 5.41) is 15.9. The summed E-state index contributed by atoms with van der Waals surface area (Å²) in [7, 11) is 0. The standard InChI is InChI=1S/C23H29ClN4O/c1-2-3-13-25-14-7-4-8-15-26-21-16-17(11-12-20(21)24)22-18-9-5-6-10-19(18)23(29)28-27-22/h5-6,9-12,16,25-26H,2-4,7-8,13-15H2,1H3,(H,28,29). The van der Waals surface area contributed by atoms with Crippen LogP contribution >= 0.6 is 11.6 Å². The third kappa shape index (κ3) is 5.81. The van der Waals surface area contributed by atoms with Crippen molar-refractivity contribution in [3.63, 3.8) is 0 Å². The van der Waals surface area contributed by atoms with Gasteiger partial charge in [0, 0.05) is 17.5 Å². The fourth-order valence-corrected chi connectivity index (χ4v) is 3.53. The molecule has 5 nitrogen and oxygen atoms in total. The van der Waals surface area contributed by atoms with Crippen LogP contribution in [0.5, 0.6) is 0 Å². The topological polar surface area (TPSA) is 69.8 Å². The minimum atomic E-state index is -0.180. The number of anilines is 1. The number of unbranched alkanes of at least 4 members (excludes halogenated alkanes) is 3. The van der Waals surface area contributed by atoms with E-state index in [1.165, 1.54) is 25.7 Å². The third-order valence-corrected chi connectivity index (χ3v) is 5.32. The zero-order chi connectivity index (χ0) is 20.5. The number of halogens is 1. The van der Waals surface area contributed by atoms with Crippen molar-refractivity contribution in [1.29, 1.82) is 0 Å². The molecule has 0 spiro atoms. The van der Waals surface area contributed by atoms with E-state index in [4.69, 9.17) is 11.6 Å². The Morgan fingerprint density at radius 2 is 1.72 bits per heavy atom. The molecule has 0 aliphatic heterocycles. The Morgan fingerprint density at radius 1 is 0.966 bits per heavy atom. The Labute approximate surface area is 176 Å². The van der Waals surface area contributed by atoms with Crippen molar-refractivity contribution in [2.45, 2.75) is 39.0 Å². The van der Waals surface area contributed by atoms with Crippen LogP contribution in [0, 0.1) is 0 Å². The molecule has 6 heteroatoms. The Bertz CT molecular complexity index is 986. The lowest BCUT2D eigenvalue weighted by atomic mass is 10.0. The number of aromatic amines is 1. The first-order valence-corrected chi connectivity index (χ1v) is 10.8. The number of hydrogen-bond donors (Lipinski definition) is 3. The lowest BCUT2D eigenvalue weighted by molar-refractivity contribution is 0.591. The molecule has 0 saturated carbocycles. The van der Waals surface area contributed by atoms with Gasteiger partial charge >= 0.3 is 0 Å². The van der Waals surface area contributed by atoms with E-state index >= 15 is 0 Å². The Kier molecular flexibility index (Phi) is 8.08. The highest BCUT2D eigenvalue weighted by Gasteiger charge is 2.10. The maximum absolute atomic E-state index is 12.0. The summed E-state index contributed by atoms with van der Waals surface area (Å²) < 4.78 is 0. The van der Waals surface area contributed by atoms with Crippen molar-refractivity contribution < 1.29 is 0 Å². The number of nitrogens with zero attached hydrogens (tertiary/aromatic N) is 1. The van der Waals surface area contributed by atoms with Gasteiger partial charge in [-0.25, -0.2) is 5.10 Å². The molecule has 0 bridgehead atoms. The van der Waals surface area contributed by atoms with Gasteiger partial charge in [0.25, 0.3) is 5.56 Å². The van der Waals surface area contributed by atoms with Crippen molar-refractivity contribution in [2.75, 3.05) is 25.0 Å². The first kappa shape index (κ1) is 21.3. The molecule has 0 amide bonds. The smallest absolute Gasteiger partial charge is 0.272 e. The zero-order valence-electron chi connectivity index (χ0n) is 16.9. The van der Waals surface area contributed by atoms with E-state index in [0.29, 0.717) is 10.4 Å². The minimum absolute atomic E-state index is 0.180. The third-order valence-electron chi connectivity index (χ3n) is 4.99. The normalized spacial score (nSPS) is 11.1. The van der Waals surface area contributed by atoms with Crippen LogP contribution in [0.1, 0.15) is 39.0 Å². The molecule has 0 aliphatic carbocycles. The maximum atomic E-state index is 12.0. The average Bonchev–Trinajstić information content (AvgIpc) is 2.74. The number of hydrogen-bond acceptors (Lipinski definition) is 4. The Balaban J connectivity index is 1.61. The van der Waals surface area contributed by atoms with E-state index in [2.05, 4.69) is 27.8 Å². The first-order valence-electron chi connectivity index (χ1n) is 10.4. The van der Waals surface area contributed by atoms with Gasteiger partial charge in [0.05, 0.1) is 21.8 Å². The number of benzene rings is 2. The molecule has 3 aromatic rings. The van der Waals surface area contributed by atoms with Crippen LogP contribution in [0.4, 0.5) is 5.69 Å². The van der Waals surface area contributed by atoms with E-state index in [-0.39, 0.29) is 5.56 Å². The van der Waals surface area contributed by atoms with E-state index in [1.807, 2.05) is 42.5 Å². The summed E-state index contributed by atoms with van der Waals surface area (Å²) in [6.07, 6.45) is 5.94. The SMILES string of the molecule is CCCCNCCCCCNc1cc(-c2n[nH]c(=O)c3ccccc23)ccc1Cl. The van der Waals surface area contributed by atoms with Gasteiger partial charge in [-0.1, -0.05) is 55.6 Å². The highest BCUT2D eigenvalue weighted by molar-refractivity contribution is 6.33. The molecule has 0 atom stereocenters. The van der Waals surface area contributed by atoms with Crippen molar-refractivity contribution >= 4 is 28.1 Å². The molecule has 3 rings (SSSR count). The van der Waals surface area contributed by atoms with Gasteiger partial charge in [0.1, 0.15) is 0 Å². The predicted molar refractivity (Wildman–Crippen MR) is 123 cm³/mol. The lowest BCUT2D eigenvalue weighted by Gasteiger charge is -2.11. The van der Waals surface area contributed by atoms with Gasteiger partial charge in [0.2, 0.25) is 0 Å². The molecule has 3 N–H and O–H groups in total. The molecule has 2 aromatic carbocycles. The number of fused-ring (bicyclic) bond motifs is 1. The summed E-state index contributed by atoms with van der Waals surface area (Å²) in [6, 6.07) is 13.3. The molecule has 0 fully saturated rings. The minimum Gasteiger partial charge on any atom is -0.384 e. The molecular weight excluding hydrogens is 384 g/mol. The van der Waals surface area contributed by atoms with Crippen molar-refractivity contribution in [1.82, 2.24) is 15.5 Å². The summed E-state index contributed by atoms with van der Waals surface area (Å²) in [6.45, 7) is 5.28. The van der Waals surface area contributed by atoms with E-state index in [1.54, 1.807) is 0 Å². The molecule has 1 heterocycles. The number of aromatic nitrogens is 2. The zero-order valence-corrected chi connectivity index (χ0v) is 17.7. The van der Waals surface area contributed by atoms with Gasteiger partial charge in [-0.3, -0.25) is 4.79 Å². The molecule has 0 saturated heterocycles. The number of H-pyrrole nitrogens is 1. The summed E-state index contributed by atoms with van der Waals surface area (Å²) in [4.78, 5) is 12.0. The molecule has 0 aliphatic rings. The second-order valence-electron chi connectivity index (χ2n) is 7.23. The monoisotopic (exact) mass is 412 g/mol. The average molecular weight is 413 g/mol. The van der Waals surface area contributed by atoms with E-state index in [0.717, 1.165) is 48.4 Å². The van der Waals surface area contributed by atoms with Gasteiger partial charge < -0.3 is 10.6 Å². The highest BCUT2D eigenvalue weighted by Crippen LogP contribution is 2.30.